The van der Waals surface area contributed by atoms with E-state index in [1.807, 2.05) is 34.7 Å². The van der Waals surface area contributed by atoms with E-state index in [0.717, 1.165) is 42.1 Å². The SMILES string of the molecule is N#Cc1ncc(N2C=C(c3cccs3)C=NC2N)cc1OC1CCCNC1. The summed E-state index contributed by atoms with van der Waals surface area (Å²) in [6, 6.07) is 7.97. The molecule has 0 amide bonds. The third-order valence-corrected chi connectivity index (χ3v) is 5.44. The number of nitrogens with zero attached hydrogens (tertiary/aromatic N) is 4. The lowest BCUT2D eigenvalue weighted by Crippen LogP contribution is -2.39. The summed E-state index contributed by atoms with van der Waals surface area (Å²) in [6.45, 7) is 1.77. The maximum absolute atomic E-state index is 9.39. The van der Waals surface area contributed by atoms with Gasteiger partial charge < -0.3 is 15.0 Å². The number of anilines is 1. The molecule has 0 aromatic carbocycles. The number of nitriles is 1. The van der Waals surface area contributed by atoms with E-state index in [4.69, 9.17) is 10.5 Å². The van der Waals surface area contributed by atoms with Crippen LogP contribution in [0.4, 0.5) is 5.69 Å². The van der Waals surface area contributed by atoms with E-state index in [0.29, 0.717) is 5.75 Å². The van der Waals surface area contributed by atoms with Gasteiger partial charge in [-0.2, -0.15) is 5.26 Å². The van der Waals surface area contributed by atoms with E-state index < -0.39 is 6.29 Å². The highest BCUT2D eigenvalue weighted by Gasteiger charge is 2.21. The second-order valence-electron chi connectivity index (χ2n) is 6.40. The second kappa shape index (κ2) is 7.88. The van der Waals surface area contributed by atoms with Crippen LogP contribution in [0, 0.1) is 11.3 Å². The molecule has 138 valence electrons. The van der Waals surface area contributed by atoms with Crippen LogP contribution in [0.5, 0.6) is 5.75 Å². The van der Waals surface area contributed by atoms with Crippen molar-refractivity contribution in [3.63, 3.8) is 0 Å². The predicted molar refractivity (Wildman–Crippen MR) is 107 cm³/mol. The molecule has 0 aliphatic carbocycles. The third kappa shape index (κ3) is 3.85. The number of allylic oxidation sites excluding steroid dienone is 1. The molecule has 2 aliphatic heterocycles. The van der Waals surface area contributed by atoms with Crippen molar-refractivity contribution in [2.24, 2.45) is 10.7 Å². The van der Waals surface area contributed by atoms with Crippen LogP contribution in [0.1, 0.15) is 23.4 Å². The topological polar surface area (TPSA) is 99.6 Å². The third-order valence-electron chi connectivity index (χ3n) is 4.52. The molecule has 7 nitrogen and oxygen atoms in total. The number of piperidine rings is 1. The molecule has 1 fully saturated rings. The lowest BCUT2D eigenvalue weighted by Gasteiger charge is -2.29. The Labute approximate surface area is 161 Å². The highest BCUT2D eigenvalue weighted by atomic mass is 32.1. The monoisotopic (exact) mass is 380 g/mol. The first kappa shape index (κ1) is 17.7. The van der Waals surface area contributed by atoms with E-state index in [-0.39, 0.29) is 11.8 Å². The molecular formula is C19H20N6OS. The van der Waals surface area contributed by atoms with Gasteiger partial charge in [-0.1, -0.05) is 6.07 Å². The zero-order valence-corrected chi connectivity index (χ0v) is 15.5. The van der Waals surface area contributed by atoms with Gasteiger partial charge in [-0.15, -0.1) is 11.3 Å². The summed E-state index contributed by atoms with van der Waals surface area (Å²) in [5.41, 5.74) is 8.18. The maximum atomic E-state index is 9.39. The quantitative estimate of drug-likeness (QED) is 0.844. The van der Waals surface area contributed by atoms with Gasteiger partial charge in [0.1, 0.15) is 12.2 Å². The first-order valence-electron chi connectivity index (χ1n) is 8.85. The van der Waals surface area contributed by atoms with Gasteiger partial charge in [-0.05, 0) is 30.8 Å². The van der Waals surface area contributed by atoms with Crippen LogP contribution in [0.2, 0.25) is 0 Å². The first-order chi connectivity index (χ1) is 13.2. The predicted octanol–water partition coefficient (Wildman–Crippen LogP) is 2.32. The van der Waals surface area contributed by atoms with Crippen LogP contribution in [0.15, 0.2) is 41.0 Å². The van der Waals surface area contributed by atoms with Crippen molar-refractivity contribution >= 4 is 28.8 Å². The number of rotatable bonds is 4. The van der Waals surface area contributed by atoms with Crippen LogP contribution in [0.25, 0.3) is 5.57 Å². The fourth-order valence-corrected chi connectivity index (χ4v) is 3.84. The number of thiophene rings is 1. The minimum atomic E-state index is -0.548. The molecule has 0 saturated carbocycles. The smallest absolute Gasteiger partial charge is 0.182 e. The Hall–Kier alpha value is -2.73. The van der Waals surface area contributed by atoms with Crippen LogP contribution in [-0.2, 0) is 0 Å². The van der Waals surface area contributed by atoms with Gasteiger partial charge in [0.05, 0.1) is 11.9 Å². The summed E-state index contributed by atoms with van der Waals surface area (Å²) in [7, 11) is 0. The summed E-state index contributed by atoms with van der Waals surface area (Å²) < 4.78 is 6.07. The van der Waals surface area contributed by atoms with Crippen molar-refractivity contribution in [2.75, 3.05) is 18.0 Å². The summed E-state index contributed by atoms with van der Waals surface area (Å²) in [5, 5.41) is 14.7. The van der Waals surface area contributed by atoms with E-state index in [1.165, 1.54) is 0 Å². The lowest BCUT2D eigenvalue weighted by atomic mass is 10.1. The second-order valence-corrected chi connectivity index (χ2v) is 7.35. The van der Waals surface area contributed by atoms with Crippen molar-refractivity contribution in [1.29, 1.82) is 5.26 Å². The Balaban J connectivity index is 1.63. The highest BCUT2D eigenvalue weighted by Crippen LogP contribution is 2.30. The summed E-state index contributed by atoms with van der Waals surface area (Å²) in [4.78, 5) is 11.6. The van der Waals surface area contributed by atoms with Crippen molar-refractivity contribution < 1.29 is 4.74 Å². The van der Waals surface area contributed by atoms with E-state index in [9.17, 15) is 5.26 Å². The van der Waals surface area contributed by atoms with Crippen molar-refractivity contribution in [3.8, 4) is 11.8 Å². The average Bonchev–Trinajstić information content (AvgIpc) is 3.24. The number of pyridine rings is 1. The Kier molecular flexibility index (Phi) is 5.16. The summed E-state index contributed by atoms with van der Waals surface area (Å²) >= 11 is 1.64. The van der Waals surface area contributed by atoms with Gasteiger partial charge >= 0.3 is 0 Å². The van der Waals surface area contributed by atoms with Crippen molar-refractivity contribution in [1.82, 2.24) is 10.3 Å². The number of hydrogen-bond acceptors (Lipinski definition) is 8. The average molecular weight is 380 g/mol. The molecule has 0 bridgehead atoms. The van der Waals surface area contributed by atoms with Gasteiger partial charge in [0.15, 0.2) is 17.7 Å². The minimum absolute atomic E-state index is 0.0353. The fraction of sp³-hybridized carbons (Fsp3) is 0.316. The normalized spacial score (nSPS) is 22.2. The standard InChI is InChI=1S/C19H20N6OS/c20-8-16-17(26-15-3-1-5-22-11-15)7-14(10-23-16)25-12-13(9-24-19(25)21)18-4-2-6-27-18/h2,4,6-7,9-10,12,15,19,22H,1,3,5,11,21H2. The zero-order valence-electron chi connectivity index (χ0n) is 14.7. The van der Waals surface area contributed by atoms with Gasteiger partial charge in [0.2, 0.25) is 0 Å². The molecule has 0 spiro atoms. The maximum Gasteiger partial charge on any atom is 0.182 e. The van der Waals surface area contributed by atoms with Crippen LogP contribution in [-0.4, -0.2) is 36.7 Å². The van der Waals surface area contributed by atoms with E-state index >= 15 is 0 Å². The number of aromatic nitrogens is 1. The molecule has 2 unspecified atom stereocenters. The first-order valence-corrected chi connectivity index (χ1v) is 9.73. The Bertz CT molecular complexity index is 895. The van der Waals surface area contributed by atoms with Crippen LogP contribution >= 0.6 is 11.3 Å². The van der Waals surface area contributed by atoms with Gasteiger partial charge in [-0.3, -0.25) is 10.7 Å². The number of hydrogen-bond donors (Lipinski definition) is 2. The molecule has 1 saturated heterocycles. The van der Waals surface area contributed by atoms with Crippen LogP contribution < -0.4 is 20.7 Å². The number of ether oxygens (including phenoxy) is 1. The van der Waals surface area contributed by atoms with Crippen LogP contribution in [0.3, 0.4) is 0 Å². The minimum Gasteiger partial charge on any atom is -0.486 e. The number of aliphatic imine (C=N–C) groups is 1. The highest BCUT2D eigenvalue weighted by molar-refractivity contribution is 7.11. The molecule has 8 heteroatoms. The molecule has 4 rings (SSSR count). The molecule has 2 atom stereocenters. The molecule has 2 aromatic rings. The molecule has 4 heterocycles. The summed E-state index contributed by atoms with van der Waals surface area (Å²) in [5.74, 6) is 0.483. The fourth-order valence-electron chi connectivity index (χ4n) is 3.13. The van der Waals surface area contributed by atoms with Crippen molar-refractivity contribution in [2.45, 2.75) is 25.2 Å². The number of nitrogens with two attached hydrogens (primary N) is 1. The molecule has 3 N–H and O–H groups in total. The molecular weight excluding hydrogens is 360 g/mol. The largest absolute Gasteiger partial charge is 0.486 e. The van der Waals surface area contributed by atoms with Crippen molar-refractivity contribution in [3.05, 3.63) is 46.5 Å². The zero-order chi connectivity index (χ0) is 18.6. The Morgan fingerprint density at radius 1 is 1.44 bits per heavy atom. The van der Waals surface area contributed by atoms with Gasteiger partial charge in [-0.25, -0.2) is 4.98 Å². The lowest BCUT2D eigenvalue weighted by molar-refractivity contribution is 0.166. The summed E-state index contributed by atoms with van der Waals surface area (Å²) in [6.07, 6.45) is 6.87. The van der Waals surface area contributed by atoms with E-state index in [1.54, 1.807) is 23.7 Å². The Morgan fingerprint density at radius 3 is 3.11 bits per heavy atom. The molecule has 2 aromatic heterocycles. The number of nitrogens with one attached hydrogen (secondary N) is 1. The Morgan fingerprint density at radius 2 is 2.37 bits per heavy atom. The molecule has 27 heavy (non-hydrogen) atoms. The van der Waals surface area contributed by atoms with Gasteiger partial charge in [0, 0.05) is 35.5 Å². The van der Waals surface area contributed by atoms with E-state index in [2.05, 4.69) is 21.4 Å². The molecule has 0 radical (unpaired) electrons. The molecule has 2 aliphatic rings. The van der Waals surface area contributed by atoms with Gasteiger partial charge in [0.25, 0.3) is 0 Å².